The Morgan fingerprint density at radius 2 is 1.91 bits per heavy atom. The second-order valence-electron chi connectivity index (χ2n) is 6.01. The molecule has 1 N–H and O–H groups in total. The van der Waals surface area contributed by atoms with Gasteiger partial charge in [-0.1, -0.05) is 42.5 Å². The van der Waals surface area contributed by atoms with Crippen LogP contribution in [0, 0.1) is 0 Å². The van der Waals surface area contributed by atoms with Crippen LogP contribution in [0.3, 0.4) is 0 Å². The third-order valence-corrected chi connectivity index (χ3v) is 4.12. The Kier molecular flexibility index (Phi) is 6.07. The second kappa shape index (κ2) is 8.70. The first kappa shape index (κ1) is 16.0. The van der Waals surface area contributed by atoms with Crippen molar-refractivity contribution in [3.8, 4) is 5.75 Å². The van der Waals surface area contributed by atoms with Crippen molar-refractivity contribution in [1.29, 1.82) is 0 Å². The lowest BCUT2D eigenvalue weighted by atomic mass is 10.1. The normalized spacial score (nSPS) is 17.3. The fourth-order valence-corrected chi connectivity index (χ4v) is 2.82. The highest BCUT2D eigenvalue weighted by atomic mass is 16.5. The Labute approximate surface area is 138 Å². The quantitative estimate of drug-likeness (QED) is 0.756. The molecule has 3 rings (SSSR count). The fourth-order valence-electron chi connectivity index (χ4n) is 2.82. The minimum absolute atomic E-state index is 0.266. The van der Waals surface area contributed by atoms with E-state index < -0.39 is 0 Å². The van der Waals surface area contributed by atoms with Crippen molar-refractivity contribution in [2.45, 2.75) is 31.9 Å². The van der Waals surface area contributed by atoms with Crippen LogP contribution < -0.4 is 10.1 Å². The molecule has 1 fully saturated rings. The van der Waals surface area contributed by atoms with Gasteiger partial charge in [0.05, 0.1) is 6.10 Å². The number of ether oxygens (including phenoxy) is 2. The zero-order valence-electron chi connectivity index (χ0n) is 13.5. The molecule has 0 spiro atoms. The molecule has 3 nitrogen and oxygen atoms in total. The van der Waals surface area contributed by atoms with Crippen LogP contribution in [-0.4, -0.2) is 25.9 Å². The van der Waals surface area contributed by atoms with Gasteiger partial charge >= 0.3 is 0 Å². The molecule has 0 radical (unpaired) electrons. The Morgan fingerprint density at radius 3 is 2.74 bits per heavy atom. The second-order valence-corrected chi connectivity index (χ2v) is 6.01. The highest BCUT2D eigenvalue weighted by molar-refractivity contribution is 5.28. The van der Waals surface area contributed by atoms with E-state index in [1.54, 1.807) is 0 Å². The average molecular weight is 311 g/mol. The van der Waals surface area contributed by atoms with Crippen LogP contribution in [0.5, 0.6) is 5.75 Å². The summed E-state index contributed by atoms with van der Waals surface area (Å²) in [5, 5.41) is 3.49. The predicted octanol–water partition coefficient (Wildman–Crippen LogP) is 3.58. The molecule has 2 aromatic rings. The smallest absolute Gasteiger partial charge is 0.119 e. The van der Waals surface area contributed by atoms with Crippen LogP contribution >= 0.6 is 0 Å². The van der Waals surface area contributed by atoms with Gasteiger partial charge in [0.1, 0.15) is 12.4 Å². The Bertz CT molecular complexity index is 579. The van der Waals surface area contributed by atoms with Crippen LogP contribution in [0.2, 0.25) is 0 Å². The lowest BCUT2D eigenvalue weighted by Gasteiger charge is -2.12. The molecule has 1 atom stereocenters. The van der Waals surface area contributed by atoms with Crippen molar-refractivity contribution < 1.29 is 9.47 Å². The van der Waals surface area contributed by atoms with E-state index in [2.05, 4.69) is 53.8 Å². The van der Waals surface area contributed by atoms with Crippen molar-refractivity contribution in [2.75, 3.05) is 19.8 Å². The van der Waals surface area contributed by atoms with Gasteiger partial charge in [0.15, 0.2) is 0 Å². The largest absolute Gasteiger partial charge is 0.491 e. The summed E-state index contributed by atoms with van der Waals surface area (Å²) in [5.74, 6) is 0.933. The Morgan fingerprint density at radius 1 is 1.04 bits per heavy atom. The van der Waals surface area contributed by atoms with E-state index in [0.29, 0.717) is 6.61 Å². The summed E-state index contributed by atoms with van der Waals surface area (Å²) < 4.78 is 11.4. The topological polar surface area (TPSA) is 30.5 Å². The van der Waals surface area contributed by atoms with Gasteiger partial charge in [0, 0.05) is 13.2 Å². The Balaban J connectivity index is 1.40. The number of rotatable bonds is 8. The van der Waals surface area contributed by atoms with E-state index in [1.165, 1.54) is 11.1 Å². The van der Waals surface area contributed by atoms with Crippen LogP contribution in [0.1, 0.15) is 24.0 Å². The molecule has 122 valence electrons. The summed E-state index contributed by atoms with van der Waals surface area (Å²) in [6.07, 6.45) is 3.58. The summed E-state index contributed by atoms with van der Waals surface area (Å²) in [6.45, 7) is 3.37. The SMILES string of the molecule is c1ccc(CCNCc2cccc(OCC3CCCO3)c2)cc1. The standard InChI is InChI=1S/C20H25NO2/c1-2-6-17(7-3-1)11-12-21-15-18-8-4-9-19(14-18)23-16-20-10-5-13-22-20/h1-4,6-9,14,20-21H,5,10-13,15-16H2. The molecular weight excluding hydrogens is 286 g/mol. The first-order chi connectivity index (χ1) is 11.4. The summed E-state index contributed by atoms with van der Waals surface area (Å²) in [7, 11) is 0. The zero-order chi connectivity index (χ0) is 15.7. The summed E-state index contributed by atoms with van der Waals surface area (Å²) >= 11 is 0. The molecule has 1 saturated heterocycles. The van der Waals surface area contributed by atoms with Gasteiger partial charge in [0.25, 0.3) is 0 Å². The Hall–Kier alpha value is -1.84. The van der Waals surface area contributed by atoms with Gasteiger partial charge < -0.3 is 14.8 Å². The first-order valence-corrected chi connectivity index (χ1v) is 8.48. The van der Waals surface area contributed by atoms with E-state index >= 15 is 0 Å². The maximum absolute atomic E-state index is 5.85. The summed E-state index contributed by atoms with van der Waals surface area (Å²) in [5.41, 5.74) is 2.62. The molecule has 0 saturated carbocycles. The monoisotopic (exact) mass is 311 g/mol. The molecule has 0 amide bonds. The van der Waals surface area contributed by atoms with E-state index in [9.17, 15) is 0 Å². The molecule has 3 heteroatoms. The molecule has 1 aliphatic rings. The van der Waals surface area contributed by atoms with Gasteiger partial charge in [0.2, 0.25) is 0 Å². The van der Waals surface area contributed by atoms with Crippen molar-refractivity contribution in [3.05, 3.63) is 65.7 Å². The minimum Gasteiger partial charge on any atom is -0.491 e. The maximum atomic E-state index is 5.85. The predicted molar refractivity (Wildman–Crippen MR) is 92.8 cm³/mol. The molecular formula is C20H25NO2. The van der Waals surface area contributed by atoms with Crippen molar-refractivity contribution in [3.63, 3.8) is 0 Å². The van der Waals surface area contributed by atoms with Gasteiger partial charge in [-0.2, -0.15) is 0 Å². The molecule has 1 aliphatic heterocycles. The molecule has 0 aromatic heterocycles. The fraction of sp³-hybridized carbons (Fsp3) is 0.400. The van der Waals surface area contributed by atoms with Crippen molar-refractivity contribution in [1.82, 2.24) is 5.32 Å². The number of nitrogens with one attached hydrogen (secondary N) is 1. The highest BCUT2D eigenvalue weighted by Crippen LogP contribution is 2.17. The van der Waals surface area contributed by atoms with Gasteiger partial charge in [-0.15, -0.1) is 0 Å². The van der Waals surface area contributed by atoms with Gasteiger partial charge in [-0.25, -0.2) is 0 Å². The molecule has 0 aliphatic carbocycles. The lowest BCUT2D eigenvalue weighted by Crippen LogP contribution is -2.17. The van der Waals surface area contributed by atoms with E-state index in [4.69, 9.17) is 9.47 Å². The van der Waals surface area contributed by atoms with Crippen molar-refractivity contribution in [2.24, 2.45) is 0 Å². The molecule has 0 bridgehead atoms. The maximum Gasteiger partial charge on any atom is 0.119 e. The van der Waals surface area contributed by atoms with E-state index in [1.807, 2.05) is 6.07 Å². The lowest BCUT2D eigenvalue weighted by molar-refractivity contribution is 0.0679. The zero-order valence-corrected chi connectivity index (χ0v) is 13.5. The van der Waals surface area contributed by atoms with Crippen LogP contribution in [0.15, 0.2) is 54.6 Å². The van der Waals surface area contributed by atoms with Crippen LogP contribution in [0.25, 0.3) is 0 Å². The third kappa shape index (κ3) is 5.38. The summed E-state index contributed by atoms with van der Waals surface area (Å²) in [6, 6.07) is 18.9. The number of hydrogen-bond acceptors (Lipinski definition) is 3. The third-order valence-electron chi connectivity index (χ3n) is 4.12. The minimum atomic E-state index is 0.266. The molecule has 2 aromatic carbocycles. The van der Waals surface area contributed by atoms with Crippen molar-refractivity contribution >= 4 is 0 Å². The van der Waals surface area contributed by atoms with Gasteiger partial charge in [-0.3, -0.25) is 0 Å². The molecule has 1 unspecified atom stereocenters. The first-order valence-electron chi connectivity index (χ1n) is 8.48. The van der Waals surface area contributed by atoms with Gasteiger partial charge in [-0.05, 0) is 49.1 Å². The molecule has 23 heavy (non-hydrogen) atoms. The van der Waals surface area contributed by atoms with Crippen LogP contribution in [-0.2, 0) is 17.7 Å². The van der Waals surface area contributed by atoms with E-state index in [0.717, 1.165) is 44.7 Å². The van der Waals surface area contributed by atoms with Crippen LogP contribution in [0.4, 0.5) is 0 Å². The average Bonchev–Trinajstić information content (AvgIpc) is 3.12. The number of hydrogen-bond donors (Lipinski definition) is 1. The summed E-state index contributed by atoms with van der Waals surface area (Å²) in [4.78, 5) is 0. The highest BCUT2D eigenvalue weighted by Gasteiger charge is 2.15. The molecule has 1 heterocycles. The number of benzene rings is 2. The van der Waals surface area contributed by atoms with E-state index in [-0.39, 0.29) is 6.10 Å².